The summed E-state index contributed by atoms with van der Waals surface area (Å²) in [5.41, 5.74) is -3.97. The number of carbonyl (C=O) groups is 1. The lowest BCUT2D eigenvalue weighted by molar-refractivity contribution is -0.317. The van der Waals surface area contributed by atoms with Crippen molar-refractivity contribution in [3.05, 3.63) is 0 Å². The van der Waals surface area contributed by atoms with E-state index in [2.05, 4.69) is 0 Å². The maximum Gasteiger partial charge on any atom is 0.311 e. The van der Waals surface area contributed by atoms with E-state index in [4.69, 9.17) is 33.2 Å². The maximum absolute atomic E-state index is 14.3. The number of aliphatic hydroxyl groups is 4. The topological polar surface area (TPSA) is 200 Å². The van der Waals surface area contributed by atoms with Crippen molar-refractivity contribution in [1.29, 1.82) is 0 Å². The summed E-state index contributed by atoms with van der Waals surface area (Å²) < 4.78 is 71.1. The monoisotopic (exact) mass is 781 g/mol. The van der Waals surface area contributed by atoms with Gasteiger partial charge in [-0.25, -0.2) is 8.42 Å². The van der Waals surface area contributed by atoms with Crippen molar-refractivity contribution >= 4 is 16.0 Å². The zero-order valence-electron chi connectivity index (χ0n) is 33.8. The van der Waals surface area contributed by atoms with Gasteiger partial charge in [-0.1, -0.05) is 27.7 Å². The molecule has 0 radical (unpaired) electrons. The van der Waals surface area contributed by atoms with Crippen molar-refractivity contribution in [2.45, 2.75) is 185 Å². The van der Waals surface area contributed by atoms with Crippen LogP contribution in [-0.4, -0.2) is 150 Å². The number of esters is 1. The van der Waals surface area contributed by atoms with Gasteiger partial charge in [0.05, 0.1) is 66.0 Å². The normalized spacial score (nSPS) is 47.7. The number of hydrogen-bond acceptors (Lipinski definition) is 14. The predicted octanol–water partition coefficient (Wildman–Crippen LogP) is 1.95. The molecule has 0 aromatic carbocycles. The summed E-state index contributed by atoms with van der Waals surface area (Å²) in [5, 5.41) is 45.4. The molecule has 4 N–H and O–H groups in total. The number of cyclic esters (lactones) is 1. The quantitative estimate of drug-likeness (QED) is 0.235. The second kappa shape index (κ2) is 16.5. The standard InChI is InChI=1S/C37H67NO14S/c1-14-25(39)37(10,43)32-20(4)28-18(2)16-36(9,52-28)31(51-34-27(40)24(15-19(3)47-34)38(11)53(13,44)45)21(5)29(22(6)33(42)50-32)49-26-17-35(8,46-12)30(41)23(7)48-26/h18-32,34,39-41,43H,14-17H2,1-13H3/t18?,19?,20-,21-,22+,23?,24?,25+,26-,27?,28?,29-,30-,31+,32+,34-,35?,36-,37+/m0/s1. The first kappa shape index (κ1) is 44.7. The van der Waals surface area contributed by atoms with Gasteiger partial charge in [0, 0.05) is 32.4 Å². The molecule has 310 valence electrons. The van der Waals surface area contributed by atoms with Gasteiger partial charge in [-0.15, -0.1) is 0 Å². The molecule has 4 heterocycles. The van der Waals surface area contributed by atoms with Crippen LogP contribution in [0.5, 0.6) is 0 Å². The molecule has 0 aromatic heterocycles. The Morgan fingerprint density at radius 3 is 2.23 bits per heavy atom. The van der Waals surface area contributed by atoms with Gasteiger partial charge in [0.25, 0.3) is 0 Å². The highest BCUT2D eigenvalue weighted by molar-refractivity contribution is 7.88. The number of nitrogens with zero attached hydrogens (tertiary/aromatic N) is 1. The molecule has 53 heavy (non-hydrogen) atoms. The van der Waals surface area contributed by atoms with Crippen LogP contribution in [-0.2, 0) is 48.0 Å². The smallest absolute Gasteiger partial charge is 0.311 e. The molecule has 2 bridgehead atoms. The Labute approximate surface area is 316 Å². The molecule has 4 aliphatic heterocycles. The van der Waals surface area contributed by atoms with Crippen molar-refractivity contribution in [2.75, 3.05) is 20.4 Å². The fourth-order valence-electron chi connectivity index (χ4n) is 9.30. The highest BCUT2D eigenvalue weighted by Crippen LogP contribution is 2.48. The summed E-state index contributed by atoms with van der Waals surface area (Å²) in [6, 6.07) is -0.843. The molecule has 19 atom stereocenters. The number of aliphatic hydroxyl groups excluding tert-OH is 3. The SMILES string of the molecule is CC[C@@H](O)[C@@](C)(O)[C@@H]1OC(=O)[C@H](C)[C@@H](O[C@H]2CC(C)(OC)[C@@H](O)C(C)O2)[C@H](C)[C@@H](O[C@@H]2OC(C)CC(N(C)S(C)(=O)=O)C2O)[C@]2(C)CC(C)C(O2)[C@@H]1C. The van der Waals surface area contributed by atoms with E-state index < -0.39 is 124 Å². The zero-order chi connectivity index (χ0) is 40.2. The minimum absolute atomic E-state index is 0.122. The number of carbonyl (C=O) groups excluding carboxylic acids is 1. The van der Waals surface area contributed by atoms with Gasteiger partial charge in [-0.2, -0.15) is 4.31 Å². The summed E-state index contributed by atoms with van der Waals surface area (Å²) in [5.74, 6) is -3.12. The number of sulfonamides is 1. The Bertz CT molecular complexity index is 1370. The van der Waals surface area contributed by atoms with Gasteiger partial charge in [-0.05, 0) is 66.7 Å². The number of fused-ring (bicyclic) bond motifs is 2. The number of ether oxygens (including phenoxy) is 7. The molecular weight excluding hydrogens is 714 g/mol. The van der Waals surface area contributed by atoms with Gasteiger partial charge in [-0.3, -0.25) is 4.79 Å². The maximum atomic E-state index is 14.3. The fraction of sp³-hybridized carbons (Fsp3) is 0.973. The molecule has 0 aromatic rings. The molecule has 0 spiro atoms. The first-order valence-electron chi connectivity index (χ1n) is 19.1. The van der Waals surface area contributed by atoms with Crippen molar-refractivity contribution in [3.63, 3.8) is 0 Å². The van der Waals surface area contributed by atoms with Gasteiger partial charge in [0.2, 0.25) is 10.0 Å². The molecule has 0 saturated carbocycles. The first-order chi connectivity index (χ1) is 24.3. The third kappa shape index (κ3) is 8.94. The van der Waals surface area contributed by atoms with E-state index in [0.717, 1.165) is 10.6 Å². The summed E-state index contributed by atoms with van der Waals surface area (Å²) >= 11 is 0. The third-order valence-electron chi connectivity index (χ3n) is 12.7. The van der Waals surface area contributed by atoms with Crippen molar-refractivity contribution < 1.29 is 66.8 Å². The van der Waals surface area contributed by atoms with Crippen molar-refractivity contribution in [3.8, 4) is 0 Å². The molecular formula is C37H67NO14S. The lowest BCUT2D eigenvalue weighted by atomic mass is 9.76. The molecule has 4 rings (SSSR count). The minimum Gasteiger partial charge on any atom is -0.459 e. The number of hydrogen-bond donors (Lipinski definition) is 4. The van der Waals surface area contributed by atoms with E-state index >= 15 is 0 Å². The Morgan fingerprint density at radius 2 is 1.66 bits per heavy atom. The Kier molecular flexibility index (Phi) is 13.9. The molecule has 16 heteroatoms. The Morgan fingerprint density at radius 1 is 1.04 bits per heavy atom. The molecule has 4 saturated heterocycles. The summed E-state index contributed by atoms with van der Waals surface area (Å²) in [4.78, 5) is 14.3. The van der Waals surface area contributed by atoms with E-state index in [1.165, 1.54) is 21.1 Å². The lowest BCUT2D eigenvalue weighted by Gasteiger charge is -2.48. The van der Waals surface area contributed by atoms with Gasteiger partial charge >= 0.3 is 5.97 Å². The van der Waals surface area contributed by atoms with Crippen LogP contribution in [0.2, 0.25) is 0 Å². The van der Waals surface area contributed by atoms with Crippen LogP contribution in [0.4, 0.5) is 0 Å². The van der Waals surface area contributed by atoms with Crippen LogP contribution in [0.25, 0.3) is 0 Å². The lowest BCUT2D eigenvalue weighted by Crippen LogP contribution is -2.60. The largest absolute Gasteiger partial charge is 0.459 e. The van der Waals surface area contributed by atoms with Crippen LogP contribution in [0.15, 0.2) is 0 Å². The summed E-state index contributed by atoms with van der Waals surface area (Å²) in [7, 11) is -0.772. The second-order valence-corrected chi connectivity index (χ2v) is 19.1. The van der Waals surface area contributed by atoms with E-state index in [9.17, 15) is 33.6 Å². The van der Waals surface area contributed by atoms with Gasteiger partial charge < -0.3 is 53.6 Å². The summed E-state index contributed by atoms with van der Waals surface area (Å²) in [6.45, 7) is 17.6. The molecule has 4 aliphatic rings. The fourth-order valence-corrected chi connectivity index (χ4v) is 10.00. The van der Waals surface area contributed by atoms with Crippen LogP contribution in [0.3, 0.4) is 0 Å². The average molecular weight is 782 g/mol. The third-order valence-corrected chi connectivity index (χ3v) is 14.0. The van der Waals surface area contributed by atoms with E-state index in [1.807, 2.05) is 27.7 Å². The first-order valence-corrected chi connectivity index (χ1v) is 20.9. The van der Waals surface area contributed by atoms with Crippen molar-refractivity contribution in [1.82, 2.24) is 4.31 Å². The highest BCUT2D eigenvalue weighted by Gasteiger charge is 2.59. The highest BCUT2D eigenvalue weighted by atomic mass is 32.2. The number of rotatable bonds is 10. The molecule has 4 fully saturated rings. The van der Waals surface area contributed by atoms with E-state index in [-0.39, 0.29) is 25.2 Å². The van der Waals surface area contributed by atoms with Crippen LogP contribution < -0.4 is 0 Å². The zero-order valence-corrected chi connectivity index (χ0v) is 34.6. The Balaban J connectivity index is 1.84. The summed E-state index contributed by atoms with van der Waals surface area (Å²) in [6.07, 6.45) is -8.52. The van der Waals surface area contributed by atoms with Crippen LogP contribution in [0.1, 0.15) is 94.9 Å². The van der Waals surface area contributed by atoms with Gasteiger partial charge in [0.15, 0.2) is 12.6 Å². The van der Waals surface area contributed by atoms with Crippen LogP contribution in [0, 0.1) is 23.7 Å². The minimum atomic E-state index is -3.68. The predicted molar refractivity (Wildman–Crippen MR) is 193 cm³/mol. The average Bonchev–Trinajstić information content (AvgIpc) is 3.39. The molecule has 0 aliphatic carbocycles. The number of likely N-dealkylation sites (N-methyl/N-ethyl adjacent to an activating group) is 1. The number of methoxy groups -OCH3 is 1. The molecule has 0 amide bonds. The molecule has 15 nitrogen and oxygen atoms in total. The Hall–Kier alpha value is -1.02. The van der Waals surface area contributed by atoms with Crippen LogP contribution >= 0.6 is 0 Å². The van der Waals surface area contributed by atoms with E-state index in [0.29, 0.717) is 6.42 Å². The van der Waals surface area contributed by atoms with Gasteiger partial charge in [0.1, 0.15) is 23.9 Å². The second-order valence-electron chi connectivity index (χ2n) is 17.1. The van der Waals surface area contributed by atoms with Crippen molar-refractivity contribution in [2.24, 2.45) is 23.7 Å². The van der Waals surface area contributed by atoms with E-state index in [1.54, 1.807) is 34.6 Å². The molecule has 7 unspecified atom stereocenters.